The Morgan fingerprint density at radius 2 is 2.22 bits per heavy atom. The van der Waals surface area contributed by atoms with Crippen molar-refractivity contribution in [2.45, 2.75) is 25.9 Å². The van der Waals surface area contributed by atoms with Gasteiger partial charge in [-0.1, -0.05) is 0 Å². The molecule has 0 aromatic carbocycles. The van der Waals surface area contributed by atoms with Gasteiger partial charge in [0.1, 0.15) is 11.9 Å². The zero-order valence-electron chi connectivity index (χ0n) is 14.2. The van der Waals surface area contributed by atoms with Gasteiger partial charge in [0.15, 0.2) is 22.8 Å². The van der Waals surface area contributed by atoms with E-state index in [9.17, 15) is 14.0 Å². The topological polar surface area (TPSA) is 138 Å². The highest BCUT2D eigenvalue weighted by atomic mass is 19.1. The highest BCUT2D eigenvalue weighted by molar-refractivity contribution is 5.95. The highest BCUT2D eigenvalue weighted by Gasteiger charge is 2.25. The number of amides is 1. The van der Waals surface area contributed by atoms with E-state index < -0.39 is 17.4 Å². The Labute approximate surface area is 151 Å². The summed E-state index contributed by atoms with van der Waals surface area (Å²) in [5.74, 6) is -2.22. The molecule has 0 saturated heterocycles. The Bertz CT molecular complexity index is 1110. The minimum absolute atomic E-state index is 0.120. The third kappa shape index (κ3) is 2.86. The lowest BCUT2D eigenvalue weighted by Crippen LogP contribution is -2.23. The summed E-state index contributed by atoms with van der Waals surface area (Å²) < 4.78 is 27.0. The molecule has 1 unspecified atom stereocenters. The van der Waals surface area contributed by atoms with E-state index in [0.717, 1.165) is 10.6 Å². The zero-order valence-corrected chi connectivity index (χ0v) is 14.2. The Balaban J connectivity index is 2.06. The molecule has 27 heavy (non-hydrogen) atoms. The SMILES string of the molecule is CC1CCCOc2ncnc3[nH]c(=O)n(c23)-c2nc(c(C(N)=O)cc2F)O1. The first-order valence-corrected chi connectivity index (χ1v) is 8.21. The lowest BCUT2D eigenvalue weighted by molar-refractivity contribution is 0.0990. The number of aromatic amines is 1. The van der Waals surface area contributed by atoms with E-state index >= 15 is 0 Å². The summed E-state index contributed by atoms with van der Waals surface area (Å²) in [5, 5.41) is 0. The van der Waals surface area contributed by atoms with Gasteiger partial charge in [-0.25, -0.2) is 18.7 Å². The summed E-state index contributed by atoms with van der Waals surface area (Å²) in [6, 6.07) is 0.897. The maximum Gasteiger partial charge on any atom is 0.333 e. The number of H-pyrrole nitrogens is 1. The van der Waals surface area contributed by atoms with Crippen molar-refractivity contribution < 1.29 is 18.7 Å². The van der Waals surface area contributed by atoms with Crippen LogP contribution in [0.25, 0.3) is 17.0 Å². The van der Waals surface area contributed by atoms with Crippen molar-refractivity contribution >= 4 is 17.1 Å². The number of fused-ring (bicyclic) bond motifs is 3. The van der Waals surface area contributed by atoms with Crippen LogP contribution in [-0.2, 0) is 0 Å². The van der Waals surface area contributed by atoms with Crippen molar-refractivity contribution in [2.24, 2.45) is 5.73 Å². The van der Waals surface area contributed by atoms with Gasteiger partial charge in [-0.3, -0.25) is 9.78 Å². The number of hydrogen-bond donors (Lipinski definition) is 2. The molecule has 2 bridgehead atoms. The number of halogens is 1. The van der Waals surface area contributed by atoms with Gasteiger partial charge in [0.2, 0.25) is 11.8 Å². The van der Waals surface area contributed by atoms with Gasteiger partial charge in [0, 0.05) is 0 Å². The van der Waals surface area contributed by atoms with E-state index in [1.807, 2.05) is 0 Å². The molecular weight excluding hydrogens is 359 g/mol. The molecular formula is C16H15FN6O4. The lowest BCUT2D eigenvalue weighted by atomic mass is 10.2. The van der Waals surface area contributed by atoms with Crippen molar-refractivity contribution in [2.75, 3.05) is 6.61 Å². The maximum atomic E-state index is 14.7. The molecule has 11 heteroatoms. The van der Waals surface area contributed by atoms with Crippen molar-refractivity contribution in [3.05, 3.63) is 34.3 Å². The number of ether oxygens (including phenoxy) is 2. The first-order chi connectivity index (χ1) is 13.0. The number of carbonyl (C=O) groups is 1. The number of nitrogens with zero attached hydrogens (tertiary/aromatic N) is 4. The minimum atomic E-state index is -0.932. The fraction of sp³-hybridized carbons (Fsp3) is 0.312. The number of primary amides is 1. The van der Waals surface area contributed by atoms with Gasteiger partial charge in [-0.2, -0.15) is 9.97 Å². The number of hydrogen-bond acceptors (Lipinski definition) is 7. The summed E-state index contributed by atoms with van der Waals surface area (Å²) in [5.41, 5.74) is 4.72. The molecule has 1 aliphatic rings. The number of nitrogens with two attached hydrogens (primary N) is 1. The monoisotopic (exact) mass is 374 g/mol. The quantitative estimate of drug-likeness (QED) is 0.639. The largest absolute Gasteiger partial charge is 0.476 e. The van der Waals surface area contributed by atoms with Gasteiger partial charge >= 0.3 is 5.69 Å². The van der Waals surface area contributed by atoms with Crippen LogP contribution in [0.15, 0.2) is 17.2 Å². The average molecular weight is 374 g/mol. The van der Waals surface area contributed by atoms with E-state index in [2.05, 4.69) is 19.9 Å². The fourth-order valence-electron chi connectivity index (χ4n) is 2.90. The molecule has 0 spiro atoms. The number of pyridine rings is 1. The third-order valence-electron chi connectivity index (χ3n) is 4.15. The molecule has 3 aromatic heterocycles. The lowest BCUT2D eigenvalue weighted by Gasteiger charge is -2.18. The average Bonchev–Trinajstić information content (AvgIpc) is 2.95. The van der Waals surface area contributed by atoms with Crippen molar-refractivity contribution in [3.63, 3.8) is 0 Å². The Morgan fingerprint density at radius 3 is 3.00 bits per heavy atom. The first kappa shape index (κ1) is 16.9. The molecule has 1 aliphatic heterocycles. The van der Waals surface area contributed by atoms with Gasteiger partial charge in [0.25, 0.3) is 5.91 Å². The molecule has 1 atom stereocenters. The number of carbonyl (C=O) groups excluding carboxylic acids is 1. The van der Waals surface area contributed by atoms with Gasteiger partial charge in [0.05, 0.1) is 12.7 Å². The standard InChI is InChI=1S/C16H15FN6O4/c1-7-3-2-4-26-15-10-12(19-6-20-15)21-16(25)23(10)13-9(17)5-8(11(18)24)14(22-13)27-7/h5-7H,2-4H2,1H3,(H2,18,24)(H,19,20,21,25). The summed E-state index contributed by atoms with van der Waals surface area (Å²) in [4.78, 5) is 38.7. The fourth-order valence-corrected chi connectivity index (χ4v) is 2.90. The number of imidazole rings is 1. The predicted octanol–water partition coefficient (Wildman–Crippen LogP) is 0.682. The second-order valence-electron chi connectivity index (χ2n) is 6.07. The second-order valence-corrected chi connectivity index (χ2v) is 6.07. The Morgan fingerprint density at radius 1 is 1.41 bits per heavy atom. The predicted molar refractivity (Wildman–Crippen MR) is 90.6 cm³/mol. The van der Waals surface area contributed by atoms with E-state index in [1.54, 1.807) is 6.92 Å². The summed E-state index contributed by atoms with van der Waals surface area (Å²) in [6.45, 7) is 2.07. The van der Waals surface area contributed by atoms with Crippen LogP contribution in [0, 0.1) is 5.82 Å². The van der Waals surface area contributed by atoms with E-state index in [-0.39, 0.29) is 40.4 Å². The van der Waals surface area contributed by atoms with Crippen LogP contribution in [0.1, 0.15) is 30.1 Å². The van der Waals surface area contributed by atoms with E-state index in [1.165, 1.54) is 6.33 Å². The van der Waals surface area contributed by atoms with Crippen molar-refractivity contribution in [3.8, 4) is 17.6 Å². The molecule has 140 valence electrons. The third-order valence-corrected chi connectivity index (χ3v) is 4.15. The van der Waals surface area contributed by atoms with Crippen molar-refractivity contribution in [1.29, 1.82) is 0 Å². The smallest absolute Gasteiger partial charge is 0.333 e. The van der Waals surface area contributed by atoms with Crippen LogP contribution in [0.3, 0.4) is 0 Å². The van der Waals surface area contributed by atoms with Gasteiger partial charge in [-0.05, 0) is 25.8 Å². The van der Waals surface area contributed by atoms with Crippen LogP contribution in [0.2, 0.25) is 0 Å². The summed E-state index contributed by atoms with van der Waals surface area (Å²) in [7, 11) is 0. The Kier molecular flexibility index (Phi) is 3.98. The molecule has 0 fully saturated rings. The molecule has 1 amide bonds. The normalized spacial score (nSPS) is 16.7. The molecule has 3 N–H and O–H groups in total. The molecule has 10 nitrogen and oxygen atoms in total. The van der Waals surface area contributed by atoms with Crippen molar-refractivity contribution in [1.82, 2.24) is 24.5 Å². The highest BCUT2D eigenvalue weighted by Crippen LogP contribution is 2.27. The second kappa shape index (κ2) is 6.34. The molecule has 4 rings (SSSR count). The van der Waals surface area contributed by atoms with Gasteiger partial charge in [-0.15, -0.1) is 0 Å². The summed E-state index contributed by atoms with van der Waals surface area (Å²) >= 11 is 0. The minimum Gasteiger partial charge on any atom is -0.476 e. The molecule has 3 aromatic rings. The molecule has 0 radical (unpaired) electrons. The van der Waals surface area contributed by atoms with E-state index in [0.29, 0.717) is 19.4 Å². The zero-order chi connectivity index (χ0) is 19.1. The van der Waals surface area contributed by atoms with Crippen LogP contribution in [0.5, 0.6) is 11.8 Å². The molecule has 0 aliphatic carbocycles. The van der Waals surface area contributed by atoms with Crippen LogP contribution >= 0.6 is 0 Å². The number of aromatic nitrogens is 5. The number of nitrogens with one attached hydrogen (secondary N) is 1. The maximum absolute atomic E-state index is 14.7. The molecule has 0 saturated carbocycles. The van der Waals surface area contributed by atoms with Crippen LogP contribution < -0.4 is 20.9 Å². The number of rotatable bonds is 1. The summed E-state index contributed by atoms with van der Waals surface area (Å²) in [6.07, 6.45) is 2.09. The Hall–Kier alpha value is -3.50. The first-order valence-electron chi connectivity index (χ1n) is 8.21. The van der Waals surface area contributed by atoms with Crippen LogP contribution in [0.4, 0.5) is 4.39 Å². The van der Waals surface area contributed by atoms with E-state index in [4.69, 9.17) is 15.2 Å². The van der Waals surface area contributed by atoms with Gasteiger partial charge < -0.3 is 15.2 Å². The van der Waals surface area contributed by atoms with Crippen LogP contribution in [-0.4, -0.2) is 43.1 Å². The molecule has 4 heterocycles.